The lowest BCUT2D eigenvalue weighted by Gasteiger charge is -2.19. The Hall–Kier alpha value is -2.82. The lowest BCUT2D eigenvalue weighted by Crippen LogP contribution is -2.32. The highest BCUT2D eigenvalue weighted by atomic mass is 16.2. The predicted octanol–water partition coefficient (Wildman–Crippen LogP) is 4.38. The number of rotatable bonds is 6. The first kappa shape index (κ1) is 19.0. The summed E-state index contributed by atoms with van der Waals surface area (Å²) in [6, 6.07) is 15.2. The third kappa shape index (κ3) is 4.48. The zero-order chi connectivity index (χ0) is 19.4. The Morgan fingerprint density at radius 2 is 1.74 bits per heavy atom. The monoisotopic (exact) mass is 365 g/mol. The number of hydrogen-bond acceptors (Lipinski definition) is 3. The quantitative estimate of drug-likeness (QED) is 0.799. The van der Waals surface area contributed by atoms with E-state index in [9.17, 15) is 9.59 Å². The summed E-state index contributed by atoms with van der Waals surface area (Å²) in [6.07, 6.45) is 1.53. The molecule has 0 aromatic heterocycles. The molecule has 1 aliphatic rings. The number of benzene rings is 2. The van der Waals surface area contributed by atoms with Crippen LogP contribution in [0.25, 0.3) is 0 Å². The van der Waals surface area contributed by atoms with Gasteiger partial charge in [-0.1, -0.05) is 32.0 Å². The first-order valence-electron chi connectivity index (χ1n) is 9.52. The Bertz CT molecular complexity index is 815. The summed E-state index contributed by atoms with van der Waals surface area (Å²) in [5.74, 6) is 0.430. The molecule has 2 N–H and O–H groups in total. The number of para-hydroxylation sites is 1. The van der Waals surface area contributed by atoms with Crippen LogP contribution in [0.5, 0.6) is 0 Å². The number of carbonyl (C=O) groups excluding carboxylic acids is 2. The van der Waals surface area contributed by atoms with E-state index in [1.807, 2.05) is 60.4 Å². The maximum Gasteiger partial charge on any atom is 0.246 e. The number of carbonyl (C=O) groups is 2. The maximum atomic E-state index is 12.6. The summed E-state index contributed by atoms with van der Waals surface area (Å²) in [7, 11) is 0. The topological polar surface area (TPSA) is 61.4 Å². The van der Waals surface area contributed by atoms with Crippen LogP contribution in [0.3, 0.4) is 0 Å². The van der Waals surface area contributed by atoms with Crippen molar-refractivity contribution in [1.82, 2.24) is 0 Å². The number of anilines is 3. The highest BCUT2D eigenvalue weighted by molar-refractivity contribution is 5.97. The molecule has 0 saturated carbocycles. The van der Waals surface area contributed by atoms with Crippen molar-refractivity contribution in [1.29, 1.82) is 0 Å². The molecule has 5 nitrogen and oxygen atoms in total. The lowest BCUT2D eigenvalue weighted by atomic mass is 10.0. The summed E-state index contributed by atoms with van der Waals surface area (Å²) < 4.78 is 0. The summed E-state index contributed by atoms with van der Waals surface area (Å²) in [5.41, 5.74) is 3.74. The second-order valence-corrected chi connectivity index (χ2v) is 7.29. The summed E-state index contributed by atoms with van der Waals surface area (Å²) >= 11 is 0. The molecule has 2 amide bonds. The van der Waals surface area contributed by atoms with Gasteiger partial charge in [0.1, 0.15) is 6.04 Å². The fourth-order valence-corrected chi connectivity index (χ4v) is 3.33. The van der Waals surface area contributed by atoms with E-state index < -0.39 is 0 Å². The Morgan fingerprint density at radius 3 is 2.37 bits per heavy atom. The molecule has 2 aromatic rings. The Labute approximate surface area is 160 Å². The van der Waals surface area contributed by atoms with Crippen molar-refractivity contribution in [2.45, 2.75) is 45.6 Å². The first-order chi connectivity index (χ1) is 13.0. The van der Waals surface area contributed by atoms with Gasteiger partial charge in [0.05, 0.1) is 0 Å². The molecule has 0 unspecified atom stereocenters. The van der Waals surface area contributed by atoms with Crippen molar-refractivity contribution in [3.63, 3.8) is 0 Å². The summed E-state index contributed by atoms with van der Waals surface area (Å²) in [5, 5.41) is 6.24. The van der Waals surface area contributed by atoms with Gasteiger partial charge in [0.15, 0.2) is 0 Å². The molecule has 27 heavy (non-hydrogen) atoms. The molecule has 3 rings (SSSR count). The van der Waals surface area contributed by atoms with Crippen molar-refractivity contribution in [3.05, 3.63) is 54.1 Å². The maximum absolute atomic E-state index is 12.6. The Balaban J connectivity index is 1.62. The SMILES string of the molecule is CC(C)c1ccccc1NC(=O)[C@H](C)Nc1ccc(N2CCCC2=O)cc1. The van der Waals surface area contributed by atoms with Gasteiger partial charge in [0.25, 0.3) is 0 Å². The van der Waals surface area contributed by atoms with Crippen molar-refractivity contribution < 1.29 is 9.59 Å². The van der Waals surface area contributed by atoms with Gasteiger partial charge >= 0.3 is 0 Å². The third-order valence-electron chi connectivity index (χ3n) is 4.87. The molecule has 1 aliphatic heterocycles. The molecule has 2 aromatic carbocycles. The molecule has 0 radical (unpaired) electrons. The largest absolute Gasteiger partial charge is 0.374 e. The van der Waals surface area contributed by atoms with Crippen LogP contribution in [-0.2, 0) is 9.59 Å². The van der Waals surface area contributed by atoms with Crippen molar-refractivity contribution in [2.24, 2.45) is 0 Å². The van der Waals surface area contributed by atoms with E-state index >= 15 is 0 Å². The normalized spacial score (nSPS) is 15.1. The second-order valence-electron chi connectivity index (χ2n) is 7.29. The van der Waals surface area contributed by atoms with Crippen LogP contribution in [0.15, 0.2) is 48.5 Å². The van der Waals surface area contributed by atoms with E-state index in [0.717, 1.165) is 35.6 Å². The summed E-state index contributed by atoms with van der Waals surface area (Å²) in [4.78, 5) is 26.2. The average molecular weight is 365 g/mol. The second kappa shape index (κ2) is 8.25. The van der Waals surface area contributed by atoms with Crippen LogP contribution in [0.1, 0.15) is 45.1 Å². The molecular formula is C22H27N3O2. The van der Waals surface area contributed by atoms with Gasteiger partial charge in [0, 0.05) is 30.0 Å². The van der Waals surface area contributed by atoms with E-state index in [4.69, 9.17) is 0 Å². The van der Waals surface area contributed by atoms with Gasteiger partial charge < -0.3 is 15.5 Å². The Kier molecular flexibility index (Phi) is 5.79. The van der Waals surface area contributed by atoms with E-state index in [2.05, 4.69) is 24.5 Å². The minimum Gasteiger partial charge on any atom is -0.374 e. The molecule has 1 heterocycles. The van der Waals surface area contributed by atoms with Gasteiger partial charge in [-0.3, -0.25) is 9.59 Å². The smallest absolute Gasteiger partial charge is 0.246 e. The fraction of sp³-hybridized carbons (Fsp3) is 0.364. The van der Waals surface area contributed by atoms with Gasteiger partial charge in [-0.05, 0) is 55.2 Å². The van der Waals surface area contributed by atoms with Crippen molar-refractivity contribution in [2.75, 3.05) is 22.1 Å². The minimum absolute atomic E-state index is 0.0816. The van der Waals surface area contributed by atoms with Crippen LogP contribution in [-0.4, -0.2) is 24.4 Å². The molecule has 1 atom stereocenters. The zero-order valence-corrected chi connectivity index (χ0v) is 16.2. The number of nitrogens with zero attached hydrogens (tertiary/aromatic N) is 1. The van der Waals surface area contributed by atoms with Crippen LogP contribution >= 0.6 is 0 Å². The van der Waals surface area contributed by atoms with Crippen LogP contribution in [0.4, 0.5) is 17.1 Å². The Morgan fingerprint density at radius 1 is 1.04 bits per heavy atom. The molecule has 0 aliphatic carbocycles. The third-order valence-corrected chi connectivity index (χ3v) is 4.87. The van der Waals surface area contributed by atoms with Crippen molar-refractivity contribution in [3.8, 4) is 0 Å². The number of amides is 2. The minimum atomic E-state index is -0.385. The molecule has 0 bridgehead atoms. The number of hydrogen-bond donors (Lipinski definition) is 2. The van der Waals surface area contributed by atoms with Gasteiger partial charge in [-0.2, -0.15) is 0 Å². The van der Waals surface area contributed by atoms with Crippen LogP contribution in [0, 0.1) is 0 Å². The highest BCUT2D eigenvalue weighted by Gasteiger charge is 2.21. The zero-order valence-electron chi connectivity index (χ0n) is 16.2. The van der Waals surface area contributed by atoms with E-state index in [1.54, 1.807) is 0 Å². The van der Waals surface area contributed by atoms with Crippen LogP contribution < -0.4 is 15.5 Å². The van der Waals surface area contributed by atoms with E-state index in [1.165, 1.54) is 0 Å². The highest BCUT2D eigenvalue weighted by Crippen LogP contribution is 2.25. The van der Waals surface area contributed by atoms with Gasteiger partial charge in [-0.25, -0.2) is 0 Å². The van der Waals surface area contributed by atoms with Gasteiger partial charge in [-0.15, -0.1) is 0 Å². The molecule has 1 saturated heterocycles. The molecule has 0 spiro atoms. The number of nitrogens with one attached hydrogen (secondary N) is 2. The molecule has 1 fully saturated rings. The van der Waals surface area contributed by atoms with Crippen LogP contribution in [0.2, 0.25) is 0 Å². The van der Waals surface area contributed by atoms with Gasteiger partial charge in [0.2, 0.25) is 11.8 Å². The lowest BCUT2D eigenvalue weighted by molar-refractivity contribution is -0.117. The fourth-order valence-electron chi connectivity index (χ4n) is 3.33. The first-order valence-corrected chi connectivity index (χ1v) is 9.52. The average Bonchev–Trinajstić information content (AvgIpc) is 3.08. The predicted molar refractivity (Wildman–Crippen MR) is 110 cm³/mol. The van der Waals surface area contributed by atoms with E-state index in [-0.39, 0.29) is 17.9 Å². The molecular weight excluding hydrogens is 338 g/mol. The van der Waals surface area contributed by atoms with E-state index in [0.29, 0.717) is 12.3 Å². The molecule has 5 heteroatoms. The molecule has 142 valence electrons. The standard InChI is InChI=1S/C22H27N3O2/c1-15(2)19-7-4-5-8-20(19)24-22(27)16(3)23-17-10-12-18(13-11-17)25-14-6-9-21(25)26/h4-5,7-8,10-13,15-16,23H,6,9,14H2,1-3H3,(H,24,27)/t16-/m0/s1. The summed E-state index contributed by atoms with van der Waals surface area (Å²) in [6.45, 7) is 6.84. The van der Waals surface area contributed by atoms with Crippen molar-refractivity contribution >= 4 is 28.9 Å².